The number of benzene rings is 2. The molecular formula is C15H13BrFNO3. The summed E-state index contributed by atoms with van der Waals surface area (Å²) in [6.07, 6.45) is 0. The molecule has 0 unspecified atom stereocenters. The van der Waals surface area contributed by atoms with E-state index < -0.39 is 5.82 Å². The van der Waals surface area contributed by atoms with Gasteiger partial charge < -0.3 is 15.2 Å². The number of halogens is 2. The number of hydrogen-bond donors (Lipinski definition) is 2. The molecule has 2 aromatic rings. The van der Waals surface area contributed by atoms with Gasteiger partial charge in [-0.3, -0.25) is 4.79 Å². The summed E-state index contributed by atoms with van der Waals surface area (Å²) in [5, 5.41) is 11.8. The van der Waals surface area contributed by atoms with Gasteiger partial charge in [-0.25, -0.2) is 4.39 Å². The van der Waals surface area contributed by atoms with E-state index in [0.717, 1.165) is 0 Å². The van der Waals surface area contributed by atoms with Crippen LogP contribution >= 0.6 is 15.9 Å². The van der Waals surface area contributed by atoms with Gasteiger partial charge in [0.15, 0.2) is 6.61 Å². The van der Waals surface area contributed by atoms with E-state index in [2.05, 4.69) is 21.2 Å². The lowest BCUT2D eigenvalue weighted by atomic mass is 10.2. The first-order valence-corrected chi connectivity index (χ1v) is 6.96. The molecule has 0 fully saturated rings. The standard InChI is InChI=1S/C15H13BrFNO3/c16-12-7-11(17)5-6-14(12)21-9-15(20)18-13-4-2-1-3-10(13)8-19/h1-7,19H,8-9H2,(H,18,20). The molecule has 1 amide bonds. The molecule has 4 nitrogen and oxygen atoms in total. The number of aliphatic hydroxyl groups is 1. The van der Waals surface area contributed by atoms with Crippen molar-refractivity contribution in [2.24, 2.45) is 0 Å². The molecule has 0 aliphatic rings. The van der Waals surface area contributed by atoms with Crippen molar-refractivity contribution in [3.8, 4) is 5.75 Å². The van der Waals surface area contributed by atoms with Crippen LogP contribution in [0.1, 0.15) is 5.56 Å². The molecule has 0 bridgehead atoms. The van der Waals surface area contributed by atoms with Gasteiger partial charge in [-0.2, -0.15) is 0 Å². The van der Waals surface area contributed by atoms with Crippen LogP contribution in [0.2, 0.25) is 0 Å². The number of carbonyl (C=O) groups excluding carboxylic acids is 1. The lowest BCUT2D eigenvalue weighted by molar-refractivity contribution is -0.118. The Morgan fingerprint density at radius 3 is 2.76 bits per heavy atom. The van der Waals surface area contributed by atoms with E-state index in [9.17, 15) is 14.3 Å². The quantitative estimate of drug-likeness (QED) is 0.868. The summed E-state index contributed by atoms with van der Waals surface area (Å²) in [7, 11) is 0. The fourth-order valence-electron chi connectivity index (χ4n) is 1.70. The second-order valence-electron chi connectivity index (χ2n) is 4.23. The normalized spacial score (nSPS) is 10.2. The zero-order chi connectivity index (χ0) is 15.2. The minimum absolute atomic E-state index is 0.166. The van der Waals surface area contributed by atoms with Crippen molar-refractivity contribution < 1.29 is 19.0 Å². The van der Waals surface area contributed by atoms with E-state index in [4.69, 9.17) is 4.74 Å². The van der Waals surface area contributed by atoms with E-state index in [1.165, 1.54) is 18.2 Å². The maximum atomic E-state index is 12.9. The average molecular weight is 354 g/mol. The third-order valence-corrected chi connectivity index (χ3v) is 3.33. The number of rotatable bonds is 5. The summed E-state index contributed by atoms with van der Waals surface area (Å²) in [6, 6.07) is 10.9. The van der Waals surface area contributed by atoms with Gasteiger partial charge in [0.2, 0.25) is 0 Å². The minimum atomic E-state index is -0.393. The van der Waals surface area contributed by atoms with E-state index in [1.54, 1.807) is 24.3 Å². The number of anilines is 1. The molecule has 0 saturated carbocycles. The Hall–Kier alpha value is -1.92. The third kappa shape index (κ3) is 4.27. The number of hydrogen-bond acceptors (Lipinski definition) is 3. The molecule has 0 heterocycles. The fourth-order valence-corrected chi connectivity index (χ4v) is 2.17. The Balaban J connectivity index is 1.96. The van der Waals surface area contributed by atoms with Crippen molar-refractivity contribution >= 4 is 27.5 Å². The molecule has 21 heavy (non-hydrogen) atoms. The lowest BCUT2D eigenvalue weighted by Gasteiger charge is -2.11. The predicted molar refractivity (Wildman–Crippen MR) is 80.6 cm³/mol. The van der Waals surface area contributed by atoms with E-state index in [-0.39, 0.29) is 19.1 Å². The second-order valence-corrected chi connectivity index (χ2v) is 5.08. The topological polar surface area (TPSA) is 58.6 Å². The highest BCUT2D eigenvalue weighted by molar-refractivity contribution is 9.10. The summed E-state index contributed by atoms with van der Waals surface area (Å²) >= 11 is 3.16. The van der Waals surface area contributed by atoms with Gasteiger partial charge >= 0.3 is 0 Å². The van der Waals surface area contributed by atoms with E-state index in [0.29, 0.717) is 21.5 Å². The van der Waals surface area contributed by atoms with Gasteiger partial charge in [0.05, 0.1) is 11.1 Å². The molecule has 2 rings (SSSR count). The highest BCUT2D eigenvalue weighted by Gasteiger charge is 2.08. The SMILES string of the molecule is O=C(COc1ccc(F)cc1Br)Nc1ccccc1CO. The predicted octanol–water partition coefficient (Wildman–Crippen LogP) is 3.10. The largest absolute Gasteiger partial charge is 0.483 e. The Bertz CT molecular complexity index is 649. The molecule has 0 aliphatic heterocycles. The van der Waals surface area contributed by atoms with Crippen LogP contribution in [-0.4, -0.2) is 17.6 Å². The van der Waals surface area contributed by atoms with Crippen molar-refractivity contribution in [2.45, 2.75) is 6.61 Å². The van der Waals surface area contributed by atoms with E-state index in [1.807, 2.05) is 0 Å². The second kappa shape index (κ2) is 7.19. The zero-order valence-electron chi connectivity index (χ0n) is 11.0. The van der Waals surface area contributed by atoms with Crippen molar-refractivity contribution in [2.75, 3.05) is 11.9 Å². The Morgan fingerprint density at radius 2 is 2.05 bits per heavy atom. The smallest absolute Gasteiger partial charge is 0.262 e. The first-order chi connectivity index (χ1) is 10.1. The molecular weight excluding hydrogens is 341 g/mol. The summed E-state index contributed by atoms with van der Waals surface area (Å²) in [4.78, 5) is 11.8. The van der Waals surface area contributed by atoms with Crippen LogP contribution in [0.3, 0.4) is 0 Å². The lowest BCUT2D eigenvalue weighted by Crippen LogP contribution is -2.21. The number of nitrogens with one attached hydrogen (secondary N) is 1. The van der Waals surface area contributed by atoms with Crippen LogP contribution in [0.15, 0.2) is 46.9 Å². The van der Waals surface area contributed by atoms with Gasteiger partial charge in [-0.05, 0) is 40.2 Å². The number of carbonyl (C=O) groups is 1. The van der Waals surface area contributed by atoms with Crippen molar-refractivity contribution in [3.05, 3.63) is 58.3 Å². The number of amides is 1. The molecule has 2 N–H and O–H groups in total. The van der Waals surface area contributed by atoms with E-state index >= 15 is 0 Å². The van der Waals surface area contributed by atoms with Crippen LogP contribution in [0, 0.1) is 5.82 Å². The summed E-state index contributed by atoms with van der Waals surface area (Å²) in [6.45, 7) is -0.384. The third-order valence-electron chi connectivity index (χ3n) is 2.71. The molecule has 0 spiro atoms. The van der Waals surface area contributed by atoms with Crippen LogP contribution in [0.5, 0.6) is 5.75 Å². The summed E-state index contributed by atoms with van der Waals surface area (Å²) < 4.78 is 18.7. The van der Waals surface area contributed by atoms with Gasteiger partial charge in [-0.15, -0.1) is 0 Å². The monoisotopic (exact) mass is 353 g/mol. The molecule has 6 heteroatoms. The number of para-hydroxylation sites is 1. The first-order valence-electron chi connectivity index (χ1n) is 6.16. The summed E-state index contributed by atoms with van der Waals surface area (Å²) in [5.74, 6) is -0.385. The molecule has 0 radical (unpaired) electrons. The zero-order valence-corrected chi connectivity index (χ0v) is 12.6. The van der Waals surface area contributed by atoms with Crippen LogP contribution in [0.25, 0.3) is 0 Å². The van der Waals surface area contributed by atoms with Gasteiger partial charge in [0, 0.05) is 11.3 Å². The Morgan fingerprint density at radius 1 is 1.29 bits per heavy atom. The number of aliphatic hydroxyl groups excluding tert-OH is 1. The maximum Gasteiger partial charge on any atom is 0.262 e. The average Bonchev–Trinajstić information content (AvgIpc) is 2.47. The van der Waals surface area contributed by atoms with Gasteiger partial charge in [0.1, 0.15) is 11.6 Å². The molecule has 0 saturated heterocycles. The van der Waals surface area contributed by atoms with Crippen LogP contribution in [-0.2, 0) is 11.4 Å². The summed E-state index contributed by atoms with van der Waals surface area (Å²) in [5.41, 5.74) is 1.15. The van der Waals surface area contributed by atoms with Crippen molar-refractivity contribution in [1.29, 1.82) is 0 Å². The Labute approximate surface area is 129 Å². The van der Waals surface area contributed by atoms with Crippen LogP contribution in [0.4, 0.5) is 10.1 Å². The van der Waals surface area contributed by atoms with Crippen molar-refractivity contribution in [1.82, 2.24) is 0 Å². The molecule has 2 aromatic carbocycles. The molecule has 110 valence electrons. The molecule has 0 aliphatic carbocycles. The van der Waals surface area contributed by atoms with Crippen molar-refractivity contribution in [3.63, 3.8) is 0 Å². The highest BCUT2D eigenvalue weighted by atomic mass is 79.9. The van der Waals surface area contributed by atoms with Gasteiger partial charge in [0.25, 0.3) is 5.91 Å². The Kier molecular flexibility index (Phi) is 5.30. The molecule has 0 aromatic heterocycles. The molecule has 0 atom stereocenters. The minimum Gasteiger partial charge on any atom is -0.483 e. The van der Waals surface area contributed by atoms with Gasteiger partial charge in [-0.1, -0.05) is 18.2 Å². The van der Waals surface area contributed by atoms with Crippen LogP contribution < -0.4 is 10.1 Å². The number of ether oxygens (including phenoxy) is 1. The maximum absolute atomic E-state index is 12.9. The fraction of sp³-hybridized carbons (Fsp3) is 0.133. The first kappa shape index (κ1) is 15.5. The highest BCUT2D eigenvalue weighted by Crippen LogP contribution is 2.25.